The number of benzene rings is 2. The molecule has 1 fully saturated rings. The molecule has 0 saturated heterocycles. The Morgan fingerprint density at radius 3 is 2.70 bits per heavy atom. The number of aryl methyl sites for hydroxylation is 2. The van der Waals surface area contributed by atoms with Gasteiger partial charge in [0.1, 0.15) is 23.9 Å². The monoisotopic (exact) mass is 425 g/mol. The number of aromatic nitrogens is 1. The standard InChI is InChI=1S/C25H28ClNO3/c1-16-13-18(8-12-24(16)30-19-5-3-4-6-19)15-29-20-9-11-22-21(14-20)25(26)23(27-22)10-7-17(2)28/h8-9,11-14,19,27H,3-7,10,15H2,1-2H3. The number of H-pyrrole nitrogens is 1. The van der Waals surface area contributed by atoms with Crippen LogP contribution in [0.2, 0.25) is 5.02 Å². The molecule has 0 atom stereocenters. The molecule has 1 N–H and O–H groups in total. The van der Waals surface area contributed by atoms with Crippen LogP contribution in [0.15, 0.2) is 36.4 Å². The number of hydrogen-bond donors (Lipinski definition) is 1. The van der Waals surface area contributed by atoms with Gasteiger partial charge >= 0.3 is 0 Å². The van der Waals surface area contributed by atoms with Gasteiger partial charge in [-0.1, -0.05) is 17.7 Å². The van der Waals surface area contributed by atoms with E-state index in [2.05, 4.69) is 30.1 Å². The van der Waals surface area contributed by atoms with E-state index in [1.807, 2.05) is 18.2 Å². The number of hydrogen-bond acceptors (Lipinski definition) is 3. The molecule has 0 aliphatic heterocycles. The van der Waals surface area contributed by atoms with Crippen LogP contribution in [-0.4, -0.2) is 16.9 Å². The van der Waals surface area contributed by atoms with Gasteiger partial charge in [0, 0.05) is 23.0 Å². The Hall–Kier alpha value is -2.46. The zero-order chi connectivity index (χ0) is 21.1. The molecular formula is C25H28ClNO3. The Kier molecular flexibility index (Phi) is 6.33. The van der Waals surface area contributed by atoms with Crippen molar-refractivity contribution in [2.75, 3.05) is 0 Å². The summed E-state index contributed by atoms with van der Waals surface area (Å²) in [6.07, 6.45) is 6.32. The van der Waals surface area contributed by atoms with Gasteiger partial charge in [0.25, 0.3) is 0 Å². The lowest BCUT2D eigenvalue weighted by molar-refractivity contribution is -0.116. The molecule has 1 aliphatic rings. The van der Waals surface area contributed by atoms with Gasteiger partial charge in [-0.3, -0.25) is 0 Å². The van der Waals surface area contributed by atoms with Crippen molar-refractivity contribution in [2.24, 2.45) is 0 Å². The Morgan fingerprint density at radius 2 is 1.97 bits per heavy atom. The van der Waals surface area contributed by atoms with E-state index in [0.717, 1.165) is 52.1 Å². The highest BCUT2D eigenvalue weighted by Gasteiger charge is 2.17. The summed E-state index contributed by atoms with van der Waals surface area (Å²) in [4.78, 5) is 14.6. The molecule has 0 spiro atoms. The van der Waals surface area contributed by atoms with Gasteiger partial charge in [-0.15, -0.1) is 0 Å². The first-order valence-corrected chi connectivity index (χ1v) is 11.1. The van der Waals surface area contributed by atoms with Crippen LogP contribution in [0.25, 0.3) is 10.9 Å². The normalized spacial score (nSPS) is 14.4. The molecule has 4 rings (SSSR count). The lowest BCUT2D eigenvalue weighted by atomic mass is 10.1. The number of ether oxygens (including phenoxy) is 2. The zero-order valence-corrected chi connectivity index (χ0v) is 18.3. The third kappa shape index (κ3) is 4.81. The van der Waals surface area contributed by atoms with Crippen molar-refractivity contribution in [1.82, 2.24) is 4.98 Å². The summed E-state index contributed by atoms with van der Waals surface area (Å²) in [5.41, 5.74) is 4.10. The third-order valence-corrected chi connectivity index (χ3v) is 6.18. The fourth-order valence-electron chi connectivity index (χ4n) is 4.04. The second-order valence-corrected chi connectivity index (χ2v) is 8.62. The van der Waals surface area contributed by atoms with E-state index >= 15 is 0 Å². The average molecular weight is 426 g/mol. The molecule has 30 heavy (non-hydrogen) atoms. The maximum absolute atomic E-state index is 11.3. The van der Waals surface area contributed by atoms with Gasteiger partial charge in [0.15, 0.2) is 0 Å². The summed E-state index contributed by atoms with van der Waals surface area (Å²) in [5.74, 6) is 1.90. The van der Waals surface area contributed by atoms with Crippen molar-refractivity contribution >= 4 is 28.3 Å². The van der Waals surface area contributed by atoms with Gasteiger partial charge in [0.05, 0.1) is 11.1 Å². The molecule has 0 radical (unpaired) electrons. The number of carbonyl (C=O) groups is 1. The Morgan fingerprint density at radius 1 is 1.17 bits per heavy atom. The second kappa shape index (κ2) is 9.13. The summed E-state index contributed by atoms with van der Waals surface area (Å²) >= 11 is 6.53. The predicted molar refractivity (Wildman–Crippen MR) is 121 cm³/mol. The topological polar surface area (TPSA) is 51.3 Å². The highest BCUT2D eigenvalue weighted by Crippen LogP contribution is 2.32. The molecule has 158 valence electrons. The average Bonchev–Trinajstić information content (AvgIpc) is 3.34. The van der Waals surface area contributed by atoms with Gasteiger partial charge in [-0.05, 0) is 87.4 Å². The van der Waals surface area contributed by atoms with E-state index < -0.39 is 0 Å². The first kappa shape index (κ1) is 20.8. The summed E-state index contributed by atoms with van der Waals surface area (Å²) in [6.45, 7) is 4.16. The van der Waals surface area contributed by atoms with Crippen LogP contribution >= 0.6 is 11.6 Å². The molecule has 2 aromatic carbocycles. The van der Waals surface area contributed by atoms with Crippen molar-refractivity contribution in [3.63, 3.8) is 0 Å². The molecule has 5 heteroatoms. The zero-order valence-electron chi connectivity index (χ0n) is 17.6. The predicted octanol–water partition coefficient (Wildman–Crippen LogP) is 6.55. The van der Waals surface area contributed by atoms with E-state index in [4.69, 9.17) is 21.1 Å². The number of fused-ring (bicyclic) bond motifs is 1. The third-order valence-electron chi connectivity index (χ3n) is 5.75. The summed E-state index contributed by atoms with van der Waals surface area (Å²) < 4.78 is 12.2. The van der Waals surface area contributed by atoms with Crippen LogP contribution in [-0.2, 0) is 17.8 Å². The molecule has 0 unspecified atom stereocenters. The maximum atomic E-state index is 11.3. The van der Waals surface area contributed by atoms with Gasteiger partial charge in [-0.2, -0.15) is 0 Å². The highest BCUT2D eigenvalue weighted by molar-refractivity contribution is 6.36. The minimum absolute atomic E-state index is 0.156. The van der Waals surface area contributed by atoms with E-state index in [-0.39, 0.29) is 5.78 Å². The molecule has 1 heterocycles. The number of ketones is 1. The van der Waals surface area contributed by atoms with Crippen LogP contribution in [0, 0.1) is 6.92 Å². The first-order valence-electron chi connectivity index (χ1n) is 10.7. The van der Waals surface area contributed by atoms with Crippen LogP contribution < -0.4 is 9.47 Å². The van der Waals surface area contributed by atoms with Crippen LogP contribution in [0.4, 0.5) is 0 Å². The number of carbonyl (C=O) groups excluding carboxylic acids is 1. The van der Waals surface area contributed by atoms with E-state index in [1.54, 1.807) is 6.92 Å². The summed E-state index contributed by atoms with van der Waals surface area (Å²) in [6, 6.07) is 12.1. The fourth-order valence-corrected chi connectivity index (χ4v) is 4.34. The molecule has 0 bridgehead atoms. The highest BCUT2D eigenvalue weighted by atomic mass is 35.5. The number of rotatable bonds is 8. The number of aromatic amines is 1. The molecule has 1 aromatic heterocycles. The molecule has 4 nitrogen and oxygen atoms in total. The largest absolute Gasteiger partial charge is 0.490 e. The van der Waals surface area contributed by atoms with Crippen molar-refractivity contribution in [3.05, 3.63) is 58.2 Å². The van der Waals surface area contributed by atoms with Gasteiger partial charge in [0.2, 0.25) is 0 Å². The number of nitrogens with one attached hydrogen (secondary N) is 1. The van der Waals surface area contributed by atoms with Crippen LogP contribution in [0.3, 0.4) is 0 Å². The van der Waals surface area contributed by atoms with Crippen molar-refractivity contribution in [1.29, 1.82) is 0 Å². The molecular weight excluding hydrogens is 398 g/mol. The number of Topliss-reactive ketones (excluding diaryl/α,β-unsaturated/α-hetero) is 1. The molecule has 1 aliphatic carbocycles. The molecule has 1 saturated carbocycles. The van der Waals surface area contributed by atoms with E-state index in [0.29, 0.717) is 30.6 Å². The quantitative estimate of drug-likeness (QED) is 0.445. The lowest BCUT2D eigenvalue weighted by Gasteiger charge is -2.16. The Bertz CT molecular complexity index is 1050. The van der Waals surface area contributed by atoms with Crippen LogP contribution in [0.5, 0.6) is 11.5 Å². The van der Waals surface area contributed by atoms with Crippen LogP contribution in [0.1, 0.15) is 55.8 Å². The molecule has 0 amide bonds. The first-order chi connectivity index (χ1) is 14.5. The van der Waals surface area contributed by atoms with Gasteiger partial charge < -0.3 is 19.3 Å². The Balaban J connectivity index is 1.42. The summed E-state index contributed by atoms with van der Waals surface area (Å²) in [7, 11) is 0. The SMILES string of the molecule is CC(=O)CCc1[nH]c2ccc(OCc3ccc(OC4CCCC4)c(C)c3)cc2c1Cl. The maximum Gasteiger partial charge on any atom is 0.130 e. The fraction of sp³-hybridized carbons (Fsp3) is 0.400. The smallest absolute Gasteiger partial charge is 0.130 e. The molecule has 3 aromatic rings. The Labute approximate surface area is 182 Å². The van der Waals surface area contributed by atoms with E-state index in [1.165, 1.54) is 12.8 Å². The van der Waals surface area contributed by atoms with E-state index in [9.17, 15) is 4.79 Å². The number of halogens is 1. The van der Waals surface area contributed by atoms with Crippen molar-refractivity contribution in [2.45, 2.75) is 65.1 Å². The lowest BCUT2D eigenvalue weighted by Crippen LogP contribution is -2.11. The minimum atomic E-state index is 0.156. The van der Waals surface area contributed by atoms with Crippen molar-refractivity contribution in [3.8, 4) is 11.5 Å². The summed E-state index contributed by atoms with van der Waals surface area (Å²) in [5, 5.41) is 1.59. The minimum Gasteiger partial charge on any atom is -0.490 e. The second-order valence-electron chi connectivity index (χ2n) is 8.24. The van der Waals surface area contributed by atoms with Gasteiger partial charge in [-0.25, -0.2) is 0 Å². The van der Waals surface area contributed by atoms with Crippen molar-refractivity contribution < 1.29 is 14.3 Å².